The van der Waals surface area contributed by atoms with Crippen LogP contribution in [0.25, 0.3) is 0 Å². The van der Waals surface area contributed by atoms with E-state index in [0.29, 0.717) is 5.75 Å². The van der Waals surface area contributed by atoms with Gasteiger partial charge < -0.3 is 43.7 Å². The second kappa shape index (κ2) is 8.83. The molecule has 5 aliphatic rings. The van der Waals surface area contributed by atoms with Gasteiger partial charge in [-0.3, -0.25) is 9.59 Å². The fourth-order valence-corrected chi connectivity index (χ4v) is 8.74. The van der Waals surface area contributed by atoms with Crippen molar-refractivity contribution in [3.8, 4) is 5.75 Å². The van der Waals surface area contributed by atoms with Gasteiger partial charge in [-0.2, -0.15) is 0 Å². The van der Waals surface area contributed by atoms with Crippen molar-refractivity contribution < 1.29 is 58.1 Å². The summed E-state index contributed by atoms with van der Waals surface area (Å²) in [4.78, 5) is 38.5. The van der Waals surface area contributed by atoms with E-state index >= 15 is 0 Å². The number of esters is 3. The van der Waals surface area contributed by atoms with Crippen molar-refractivity contribution in [2.45, 2.75) is 83.1 Å². The van der Waals surface area contributed by atoms with Crippen LogP contribution >= 0.6 is 12.2 Å². The lowest BCUT2D eigenvalue weighted by Gasteiger charge is -2.48. The number of fused-ring (bicyclic) bond motifs is 2. The maximum atomic E-state index is 13.1. The molecule has 3 heterocycles. The molecule has 1 aromatic rings. The Morgan fingerprint density at radius 3 is 2.27 bits per heavy atom. The number of benzene rings is 1. The highest BCUT2D eigenvalue weighted by Crippen LogP contribution is 2.79. The van der Waals surface area contributed by atoms with E-state index in [1.165, 1.54) is 6.92 Å². The van der Waals surface area contributed by atoms with E-state index < -0.39 is 99.7 Å². The summed E-state index contributed by atoms with van der Waals surface area (Å²) in [6, 6.07) is 8.44. The normalized spacial score (nSPS) is 45.7. The number of carbonyl (C=O) groups is 3. The average molecular weight is 593 g/mol. The smallest absolute Gasteiger partial charge is 0.358 e. The van der Waals surface area contributed by atoms with Gasteiger partial charge in [0.25, 0.3) is 0 Å². The van der Waals surface area contributed by atoms with Gasteiger partial charge in [-0.25, -0.2) is 4.79 Å². The van der Waals surface area contributed by atoms with Gasteiger partial charge in [0.2, 0.25) is 6.29 Å². The topological polar surface area (TPSA) is 167 Å². The largest absolute Gasteiger partial charge is 0.459 e. The van der Waals surface area contributed by atoms with E-state index in [9.17, 15) is 29.7 Å². The SMILES string of the molecule is CC(=O)OC1[C@H](O)[C@@H](C(C)(C)C)C23C(OC(=O)[C@@H]2O)OC2C13[C@@H](OC(=S)Oc1ccccc1)C1OC(=O)[C@@H](C)[C@@]12O. The fourth-order valence-electron chi connectivity index (χ4n) is 8.54. The Morgan fingerprint density at radius 2 is 1.66 bits per heavy atom. The average Bonchev–Trinajstić information content (AvgIpc) is 3.52. The van der Waals surface area contributed by atoms with Crippen molar-refractivity contribution in [2.24, 2.45) is 28.1 Å². The molecule has 0 amide bonds. The van der Waals surface area contributed by atoms with Gasteiger partial charge >= 0.3 is 23.1 Å². The third-order valence-electron chi connectivity index (χ3n) is 9.67. The zero-order chi connectivity index (χ0) is 29.9. The number of aliphatic hydroxyl groups excluding tert-OH is 2. The first-order valence-electron chi connectivity index (χ1n) is 13.4. The zero-order valence-electron chi connectivity index (χ0n) is 23.0. The molecule has 12 nitrogen and oxygen atoms in total. The maximum Gasteiger partial charge on any atom is 0.358 e. The number of carbonyl (C=O) groups excluding carboxylic acids is 3. The monoisotopic (exact) mass is 592 g/mol. The number of ether oxygens (including phenoxy) is 6. The molecule has 3 saturated heterocycles. The molecule has 6 rings (SSSR count). The molecule has 41 heavy (non-hydrogen) atoms. The highest BCUT2D eigenvalue weighted by molar-refractivity contribution is 7.79. The van der Waals surface area contributed by atoms with Crippen molar-refractivity contribution >= 4 is 35.4 Å². The highest BCUT2D eigenvalue weighted by Gasteiger charge is 2.97. The third-order valence-corrected chi connectivity index (χ3v) is 9.85. The fraction of sp³-hybridized carbons (Fsp3) is 0.643. The molecule has 0 radical (unpaired) electrons. The number of thiocarbonyl (C=S) groups is 1. The molecule has 13 heteroatoms. The van der Waals surface area contributed by atoms with E-state index in [0.717, 1.165) is 6.92 Å². The molecule has 2 aliphatic carbocycles. The molecule has 0 bridgehead atoms. The van der Waals surface area contributed by atoms with Crippen LogP contribution in [0, 0.1) is 28.1 Å². The molecule has 2 saturated carbocycles. The Hall–Kier alpha value is -2.84. The lowest BCUT2D eigenvalue weighted by atomic mass is 9.53. The summed E-state index contributed by atoms with van der Waals surface area (Å²) < 4.78 is 35.3. The van der Waals surface area contributed by atoms with Crippen LogP contribution in [-0.2, 0) is 38.1 Å². The van der Waals surface area contributed by atoms with Crippen LogP contribution in [0.15, 0.2) is 30.3 Å². The number of rotatable bonds is 3. The molecule has 5 fully saturated rings. The van der Waals surface area contributed by atoms with E-state index in [-0.39, 0.29) is 0 Å². The molecular weight excluding hydrogens is 560 g/mol. The predicted molar refractivity (Wildman–Crippen MR) is 139 cm³/mol. The summed E-state index contributed by atoms with van der Waals surface area (Å²) in [5.41, 5.74) is -6.74. The molecular formula is C28H32O12S. The number of hydrogen-bond donors (Lipinski definition) is 3. The molecule has 3 aliphatic heterocycles. The van der Waals surface area contributed by atoms with Gasteiger partial charge in [0.05, 0.1) is 22.9 Å². The summed E-state index contributed by atoms with van der Waals surface area (Å²) in [6.45, 7) is 7.93. The van der Waals surface area contributed by atoms with Crippen LogP contribution < -0.4 is 4.74 Å². The van der Waals surface area contributed by atoms with E-state index in [2.05, 4.69) is 0 Å². The number of hydrogen-bond acceptors (Lipinski definition) is 13. The maximum absolute atomic E-state index is 13.1. The van der Waals surface area contributed by atoms with Crippen LogP contribution in [0.5, 0.6) is 5.75 Å². The van der Waals surface area contributed by atoms with Crippen LogP contribution in [0.1, 0.15) is 34.6 Å². The zero-order valence-corrected chi connectivity index (χ0v) is 23.8. The van der Waals surface area contributed by atoms with Crippen LogP contribution in [0.2, 0.25) is 0 Å². The van der Waals surface area contributed by atoms with Crippen molar-refractivity contribution in [2.75, 3.05) is 0 Å². The highest BCUT2D eigenvalue weighted by atomic mass is 32.1. The molecule has 2 spiro atoms. The van der Waals surface area contributed by atoms with Gasteiger partial charge in [-0.15, -0.1) is 0 Å². The first kappa shape index (κ1) is 28.3. The molecule has 0 aromatic heterocycles. The first-order chi connectivity index (χ1) is 19.1. The lowest BCUT2D eigenvalue weighted by Crippen LogP contribution is -2.63. The Bertz CT molecular complexity index is 1310. The van der Waals surface area contributed by atoms with Crippen molar-refractivity contribution in [1.29, 1.82) is 0 Å². The first-order valence-corrected chi connectivity index (χ1v) is 13.8. The Labute approximate surface area is 240 Å². The second-order valence-corrected chi connectivity index (χ2v) is 12.9. The minimum atomic E-state index is -2.13. The predicted octanol–water partition coefficient (Wildman–Crippen LogP) is 0.626. The quantitative estimate of drug-likeness (QED) is 0.254. The summed E-state index contributed by atoms with van der Waals surface area (Å²) >= 11 is 5.43. The van der Waals surface area contributed by atoms with Gasteiger partial charge in [0, 0.05) is 25.1 Å². The standard InChI is InChI=1S/C28H32O12S/c1-11-20(32)37-19-18(38-24(41)36-13-9-7-6-8-10-13)27-17(35-12(2)29)14(30)15(25(3,4)5)26(27)16(31)21(33)39-23(26)40-22(27)28(11,19)34/h6-11,14-19,22-23,30-31,34H,1-5H3/t11-,14-,15+,16+,17?,18+,19?,22?,23?,26?,27?,28-/m1/s1. The summed E-state index contributed by atoms with van der Waals surface area (Å²) in [5, 5.41) is 35.5. The summed E-state index contributed by atoms with van der Waals surface area (Å²) in [6.07, 6.45) is -10.9. The van der Waals surface area contributed by atoms with Gasteiger partial charge in [-0.05, 0) is 24.5 Å². The van der Waals surface area contributed by atoms with Crippen molar-refractivity contribution in [3.05, 3.63) is 30.3 Å². The molecule has 6 unspecified atom stereocenters. The minimum absolute atomic E-state index is 0.321. The Kier molecular flexibility index (Phi) is 6.10. The van der Waals surface area contributed by atoms with E-state index in [1.807, 2.05) is 0 Å². The third kappa shape index (κ3) is 3.29. The summed E-state index contributed by atoms with van der Waals surface area (Å²) in [5.74, 6) is -4.43. The summed E-state index contributed by atoms with van der Waals surface area (Å²) in [7, 11) is 0. The number of aliphatic hydroxyl groups is 3. The molecule has 1 aromatic carbocycles. The Morgan fingerprint density at radius 1 is 1.00 bits per heavy atom. The molecule has 3 N–H and O–H groups in total. The van der Waals surface area contributed by atoms with Crippen molar-refractivity contribution in [1.82, 2.24) is 0 Å². The van der Waals surface area contributed by atoms with Crippen LogP contribution in [0.4, 0.5) is 0 Å². The van der Waals surface area contributed by atoms with Crippen LogP contribution in [-0.4, -0.2) is 87.0 Å². The lowest BCUT2D eigenvalue weighted by molar-refractivity contribution is -0.210. The minimum Gasteiger partial charge on any atom is -0.459 e. The Balaban J connectivity index is 1.61. The van der Waals surface area contributed by atoms with Gasteiger partial charge in [-0.1, -0.05) is 39.0 Å². The van der Waals surface area contributed by atoms with E-state index in [1.54, 1.807) is 51.1 Å². The van der Waals surface area contributed by atoms with Gasteiger partial charge in [0.1, 0.15) is 23.6 Å². The molecule has 222 valence electrons. The van der Waals surface area contributed by atoms with Crippen molar-refractivity contribution in [3.63, 3.8) is 0 Å². The van der Waals surface area contributed by atoms with Crippen LogP contribution in [0.3, 0.4) is 0 Å². The second-order valence-electron chi connectivity index (χ2n) is 12.6. The van der Waals surface area contributed by atoms with E-state index in [4.69, 9.17) is 40.6 Å². The number of para-hydroxylation sites is 1. The van der Waals surface area contributed by atoms with Gasteiger partial charge in [0.15, 0.2) is 18.3 Å². The molecule has 12 atom stereocenters.